The lowest BCUT2D eigenvalue weighted by Gasteiger charge is -2.17. The summed E-state index contributed by atoms with van der Waals surface area (Å²) in [6, 6.07) is 7.72. The first-order valence-electron chi connectivity index (χ1n) is 7.82. The maximum atomic E-state index is 12.6. The number of fused-ring (bicyclic) bond motifs is 1. The first kappa shape index (κ1) is 13.5. The number of likely N-dealkylation sites (tertiary alicyclic amines) is 1. The van der Waals surface area contributed by atoms with Crippen molar-refractivity contribution >= 4 is 5.91 Å². The van der Waals surface area contributed by atoms with Crippen LogP contribution in [0.4, 0.5) is 0 Å². The van der Waals surface area contributed by atoms with Gasteiger partial charge in [-0.25, -0.2) is 4.68 Å². The molecule has 0 unspecified atom stereocenters. The fourth-order valence-electron chi connectivity index (χ4n) is 3.51. The molecule has 22 heavy (non-hydrogen) atoms. The highest BCUT2D eigenvalue weighted by atomic mass is 16.2. The summed E-state index contributed by atoms with van der Waals surface area (Å²) in [4.78, 5) is 14.6. The third-order valence-corrected chi connectivity index (χ3v) is 4.77. The lowest BCUT2D eigenvalue weighted by molar-refractivity contribution is 0.0781. The first-order chi connectivity index (χ1) is 10.7. The summed E-state index contributed by atoms with van der Waals surface area (Å²) in [6.45, 7) is 5.88. The first-order valence-corrected chi connectivity index (χ1v) is 7.82. The van der Waals surface area contributed by atoms with E-state index in [9.17, 15) is 4.79 Å². The molecule has 2 fully saturated rings. The highest BCUT2D eigenvalue weighted by Gasteiger charge is 2.38. The molecule has 5 nitrogen and oxygen atoms in total. The molecule has 2 aromatic rings. The Bertz CT molecular complexity index is 679. The van der Waals surface area contributed by atoms with Gasteiger partial charge in [-0.1, -0.05) is 0 Å². The van der Waals surface area contributed by atoms with Gasteiger partial charge in [0.05, 0.1) is 11.9 Å². The van der Waals surface area contributed by atoms with Crippen molar-refractivity contribution in [1.82, 2.24) is 20.0 Å². The Morgan fingerprint density at radius 2 is 1.86 bits per heavy atom. The minimum absolute atomic E-state index is 0.151. The Morgan fingerprint density at radius 1 is 1.18 bits per heavy atom. The molecular formula is C17H20N4O. The number of amides is 1. The van der Waals surface area contributed by atoms with Gasteiger partial charge in [0.15, 0.2) is 0 Å². The van der Waals surface area contributed by atoms with Crippen molar-refractivity contribution in [3.63, 3.8) is 0 Å². The molecule has 0 bridgehead atoms. The van der Waals surface area contributed by atoms with Crippen molar-refractivity contribution in [3.05, 3.63) is 47.8 Å². The van der Waals surface area contributed by atoms with Crippen molar-refractivity contribution in [2.45, 2.75) is 6.92 Å². The topological polar surface area (TPSA) is 50.2 Å². The van der Waals surface area contributed by atoms with Crippen LogP contribution in [-0.4, -0.2) is 46.8 Å². The Kier molecular flexibility index (Phi) is 3.22. The maximum absolute atomic E-state index is 12.6. The minimum atomic E-state index is 0.151. The summed E-state index contributed by atoms with van der Waals surface area (Å²) in [5.74, 6) is 1.42. The van der Waals surface area contributed by atoms with E-state index in [4.69, 9.17) is 0 Å². The fraction of sp³-hybridized carbons (Fsp3) is 0.412. The van der Waals surface area contributed by atoms with Crippen molar-refractivity contribution < 1.29 is 4.79 Å². The molecule has 1 amide bonds. The highest BCUT2D eigenvalue weighted by molar-refractivity contribution is 5.94. The molecule has 1 aromatic carbocycles. The number of carbonyl (C=O) groups excluding carboxylic acids is 1. The van der Waals surface area contributed by atoms with E-state index >= 15 is 0 Å². The summed E-state index contributed by atoms with van der Waals surface area (Å²) in [7, 11) is 0. The second-order valence-corrected chi connectivity index (χ2v) is 6.40. The molecule has 114 valence electrons. The molecule has 2 atom stereocenters. The normalized spacial score (nSPS) is 23.8. The smallest absolute Gasteiger partial charge is 0.253 e. The summed E-state index contributed by atoms with van der Waals surface area (Å²) in [6.07, 6.45) is 3.81. The van der Waals surface area contributed by atoms with E-state index in [0.29, 0.717) is 11.8 Å². The van der Waals surface area contributed by atoms with Gasteiger partial charge in [0.25, 0.3) is 5.91 Å². The van der Waals surface area contributed by atoms with Crippen molar-refractivity contribution in [2.75, 3.05) is 26.2 Å². The van der Waals surface area contributed by atoms with Crippen LogP contribution in [0.15, 0.2) is 36.7 Å². The Labute approximate surface area is 129 Å². The third-order valence-electron chi connectivity index (χ3n) is 4.77. The molecule has 5 heteroatoms. The molecule has 2 aliphatic rings. The summed E-state index contributed by atoms with van der Waals surface area (Å²) < 4.78 is 1.83. The van der Waals surface area contributed by atoms with Crippen LogP contribution in [0.1, 0.15) is 15.9 Å². The van der Waals surface area contributed by atoms with Gasteiger partial charge in [-0.15, -0.1) is 0 Å². The second-order valence-electron chi connectivity index (χ2n) is 6.40. The van der Waals surface area contributed by atoms with Crippen LogP contribution in [0.3, 0.4) is 0 Å². The molecule has 0 saturated carbocycles. The average molecular weight is 296 g/mol. The number of nitrogens with one attached hydrogen (secondary N) is 1. The van der Waals surface area contributed by atoms with Crippen LogP contribution in [0.5, 0.6) is 0 Å². The van der Waals surface area contributed by atoms with Crippen LogP contribution in [0, 0.1) is 18.8 Å². The van der Waals surface area contributed by atoms with E-state index in [1.165, 1.54) is 0 Å². The molecule has 4 rings (SSSR count). The van der Waals surface area contributed by atoms with E-state index in [2.05, 4.69) is 10.4 Å². The number of aryl methyl sites for hydroxylation is 1. The molecular weight excluding hydrogens is 276 g/mol. The van der Waals surface area contributed by atoms with Gasteiger partial charge in [0.1, 0.15) is 0 Å². The molecule has 0 aliphatic carbocycles. The van der Waals surface area contributed by atoms with Gasteiger partial charge < -0.3 is 10.2 Å². The third kappa shape index (κ3) is 2.31. The van der Waals surface area contributed by atoms with Gasteiger partial charge >= 0.3 is 0 Å². The van der Waals surface area contributed by atoms with E-state index < -0.39 is 0 Å². The van der Waals surface area contributed by atoms with E-state index in [1.807, 2.05) is 53.2 Å². The van der Waals surface area contributed by atoms with E-state index in [1.54, 1.807) is 0 Å². The Hall–Kier alpha value is -2.14. The summed E-state index contributed by atoms with van der Waals surface area (Å²) in [5.41, 5.74) is 2.87. The number of rotatable bonds is 2. The monoisotopic (exact) mass is 296 g/mol. The number of hydrogen-bond acceptors (Lipinski definition) is 3. The zero-order chi connectivity index (χ0) is 15.1. The number of benzene rings is 1. The van der Waals surface area contributed by atoms with E-state index in [-0.39, 0.29) is 5.91 Å². The van der Waals surface area contributed by atoms with Gasteiger partial charge in [0, 0.05) is 37.9 Å². The zero-order valence-electron chi connectivity index (χ0n) is 12.7. The van der Waals surface area contributed by atoms with Crippen LogP contribution in [0.25, 0.3) is 5.69 Å². The van der Waals surface area contributed by atoms with Crippen molar-refractivity contribution in [3.8, 4) is 5.69 Å². The number of hydrogen-bond donors (Lipinski definition) is 1. The van der Waals surface area contributed by atoms with Crippen LogP contribution in [-0.2, 0) is 0 Å². The standard InChI is InChI=1S/C17H20N4O/c1-12-6-19-21(9-12)16-4-2-13(3-5-16)17(22)20-10-14-7-18-8-15(14)11-20/h2-6,9,14-15,18H,7-8,10-11H2,1H3/t14-,15+. The lowest BCUT2D eigenvalue weighted by atomic mass is 10.0. The molecule has 0 spiro atoms. The number of carbonyl (C=O) groups is 1. The van der Waals surface area contributed by atoms with Gasteiger partial charge in [0.2, 0.25) is 0 Å². The number of aromatic nitrogens is 2. The largest absolute Gasteiger partial charge is 0.338 e. The second kappa shape index (κ2) is 5.25. The van der Waals surface area contributed by atoms with Gasteiger partial charge in [-0.2, -0.15) is 5.10 Å². The van der Waals surface area contributed by atoms with Crippen molar-refractivity contribution in [1.29, 1.82) is 0 Å². The quantitative estimate of drug-likeness (QED) is 0.913. The molecule has 0 radical (unpaired) electrons. The minimum Gasteiger partial charge on any atom is -0.338 e. The zero-order valence-corrected chi connectivity index (χ0v) is 12.7. The lowest BCUT2D eigenvalue weighted by Crippen LogP contribution is -2.31. The molecule has 2 saturated heterocycles. The van der Waals surface area contributed by atoms with Crippen LogP contribution >= 0.6 is 0 Å². The van der Waals surface area contributed by atoms with Crippen LogP contribution in [0.2, 0.25) is 0 Å². The average Bonchev–Trinajstić information content (AvgIpc) is 3.22. The molecule has 3 heterocycles. The predicted molar refractivity (Wildman–Crippen MR) is 84.1 cm³/mol. The van der Waals surface area contributed by atoms with Gasteiger partial charge in [-0.3, -0.25) is 4.79 Å². The molecule has 2 aliphatic heterocycles. The molecule has 1 aromatic heterocycles. The summed E-state index contributed by atoms with van der Waals surface area (Å²) >= 11 is 0. The SMILES string of the molecule is Cc1cnn(-c2ccc(C(=O)N3C[C@H]4CNC[C@H]4C3)cc2)c1. The Balaban J connectivity index is 1.50. The molecule has 1 N–H and O–H groups in total. The Morgan fingerprint density at radius 3 is 2.45 bits per heavy atom. The highest BCUT2D eigenvalue weighted by Crippen LogP contribution is 2.27. The van der Waals surface area contributed by atoms with E-state index in [0.717, 1.165) is 43.0 Å². The summed E-state index contributed by atoms with van der Waals surface area (Å²) in [5, 5.41) is 7.69. The fourth-order valence-corrected chi connectivity index (χ4v) is 3.51. The van der Waals surface area contributed by atoms with Crippen molar-refractivity contribution in [2.24, 2.45) is 11.8 Å². The van der Waals surface area contributed by atoms with Gasteiger partial charge in [-0.05, 0) is 48.6 Å². The van der Waals surface area contributed by atoms with Crippen LogP contribution < -0.4 is 5.32 Å². The number of nitrogens with zero attached hydrogens (tertiary/aromatic N) is 3. The maximum Gasteiger partial charge on any atom is 0.253 e. The predicted octanol–water partition coefficient (Wildman–Crippen LogP) is 1.47.